The van der Waals surface area contributed by atoms with Gasteiger partial charge in [-0.15, -0.1) is 0 Å². The van der Waals surface area contributed by atoms with Crippen LogP contribution in [-0.2, 0) is 9.53 Å². The summed E-state index contributed by atoms with van der Waals surface area (Å²) in [5.41, 5.74) is 0. The van der Waals surface area contributed by atoms with Crippen molar-refractivity contribution in [1.82, 2.24) is 10.2 Å². The van der Waals surface area contributed by atoms with Gasteiger partial charge in [0.05, 0.1) is 19.3 Å². The molecule has 2 N–H and O–H groups in total. The number of ether oxygens (including phenoxy) is 1. The lowest BCUT2D eigenvalue weighted by Gasteiger charge is -2.20. The van der Waals surface area contributed by atoms with Crippen LogP contribution in [0.2, 0.25) is 0 Å². The normalized spacial score (nSPS) is 24.9. The summed E-state index contributed by atoms with van der Waals surface area (Å²) in [6.07, 6.45) is 0. The quantitative estimate of drug-likeness (QED) is 0.681. The number of carbonyl (C=O) groups excluding carboxylic acids is 1. The van der Waals surface area contributed by atoms with Crippen molar-refractivity contribution in [1.29, 1.82) is 0 Å². The van der Waals surface area contributed by atoms with E-state index in [1.807, 2.05) is 6.92 Å². The van der Waals surface area contributed by atoms with Crippen LogP contribution < -0.4 is 5.32 Å². The zero-order chi connectivity index (χ0) is 11.4. The largest absolute Gasteiger partial charge is 0.481 e. The molecule has 0 spiro atoms. The van der Waals surface area contributed by atoms with Crippen LogP contribution >= 0.6 is 0 Å². The van der Waals surface area contributed by atoms with Crippen LogP contribution in [0.5, 0.6) is 0 Å². The third kappa shape index (κ3) is 2.82. The monoisotopic (exact) mass is 216 g/mol. The summed E-state index contributed by atoms with van der Waals surface area (Å²) in [7, 11) is 1.65. The van der Waals surface area contributed by atoms with Crippen molar-refractivity contribution in [2.24, 2.45) is 5.92 Å². The van der Waals surface area contributed by atoms with E-state index in [-0.39, 0.29) is 19.2 Å². The fraction of sp³-hybridized carbons (Fsp3) is 0.778. The summed E-state index contributed by atoms with van der Waals surface area (Å²) in [4.78, 5) is 23.7. The molecule has 1 aliphatic rings. The standard InChI is InChI=1S/C9H16N2O4/c1-3-11(2)9(14)10-7-5-15-4-6(7)8(12)13/h6-7H,3-5H2,1-2H3,(H,10,14)(H,12,13). The fourth-order valence-electron chi connectivity index (χ4n) is 1.35. The molecule has 86 valence electrons. The lowest BCUT2D eigenvalue weighted by Crippen LogP contribution is -2.47. The number of carboxylic acid groups (broad SMARTS) is 1. The maximum Gasteiger partial charge on any atom is 0.317 e. The van der Waals surface area contributed by atoms with Crippen molar-refractivity contribution in [2.45, 2.75) is 13.0 Å². The van der Waals surface area contributed by atoms with E-state index in [4.69, 9.17) is 9.84 Å². The SMILES string of the molecule is CCN(C)C(=O)NC1COCC1C(=O)O. The summed E-state index contributed by atoms with van der Waals surface area (Å²) < 4.78 is 5.03. The number of hydrogen-bond acceptors (Lipinski definition) is 3. The maximum atomic E-state index is 11.5. The predicted molar refractivity (Wildman–Crippen MR) is 52.6 cm³/mol. The fourth-order valence-corrected chi connectivity index (χ4v) is 1.35. The average molecular weight is 216 g/mol. The highest BCUT2D eigenvalue weighted by Crippen LogP contribution is 2.13. The zero-order valence-corrected chi connectivity index (χ0v) is 8.90. The Hall–Kier alpha value is -1.30. The number of urea groups is 1. The molecule has 0 aromatic rings. The Morgan fingerprint density at radius 2 is 2.20 bits per heavy atom. The van der Waals surface area contributed by atoms with Gasteiger partial charge in [-0.3, -0.25) is 4.79 Å². The van der Waals surface area contributed by atoms with E-state index >= 15 is 0 Å². The molecule has 2 atom stereocenters. The lowest BCUT2D eigenvalue weighted by atomic mass is 10.0. The Kier molecular flexibility index (Phi) is 3.90. The van der Waals surface area contributed by atoms with Crippen LogP contribution in [0, 0.1) is 5.92 Å². The van der Waals surface area contributed by atoms with Gasteiger partial charge in [0.15, 0.2) is 0 Å². The molecular weight excluding hydrogens is 200 g/mol. The topological polar surface area (TPSA) is 78.9 Å². The van der Waals surface area contributed by atoms with Gasteiger partial charge in [0.2, 0.25) is 0 Å². The molecule has 2 amide bonds. The minimum Gasteiger partial charge on any atom is -0.481 e. The van der Waals surface area contributed by atoms with Crippen LogP contribution in [0.15, 0.2) is 0 Å². The average Bonchev–Trinajstić information content (AvgIpc) is 2.64. The predicted octanol–water partition coefficient (Wildman–Crippen LogP) is -0.253. The van der Waals surface area contributed by atoms with Gasteiger partial charge < -0.3 is 20.1 Å². The number of nitrogens with one attached hydrogen (secondary N) is 1. The number of amides is 2. The summed E-state index contributed by atoms with van der Waals surface area (Å²) in [6, 6.07) is -0.691. The van der Waals surface area contributed by atoms with E-state index in [1.165, 1.54) is 4.90 Å². The Morgan fingerprint density at radius 1 is 1.53 bits per heavy atom. The number of rotatable bonds is 3. The first-order chi connectivity index (χ1) is 7.06. The molecule has 0 saturated carbocycles. The van der Waals surface area contributed by atoms with Crippen molar-refractivity contribution in [3.05, 3.63) is 0 Å². The molecule has 0 aliphatic carbocycles. The van der Waals surface area contributed by atoms with Crippen LogP contribution in [-0.4, -0.2) is 54.9 Å². The first-order valence-electron chi connectivity index (χ1n) is 4.88. The minimum atomic E-state index is -0.933. The molecular formula is C9H16N2O4. The Morgan fingerprint density at radius 3 is 2.73 bits per heavy atom. The molecule has 0 aromatic heterocycles. The van der Waals surface area contributed by atoms with Gasteiger partial charge in [0.25, 0.3) is 0 Å². The second-order valence-corrected chi connectivity index (χ2v) is 3.55. The van der Waals surface area contributed by atoms with Crippen LogP contribution in [0.25, 0.3) is 0 Å². The van der Waals surface area contributed by atoms with Gasteiger partial charge in [-0.1, -0.05) is 0 Å². The number of hydrogen-bond donors (Lipinski definition) is 2. The molecule has 2 unspecified atom stereocenters. The van der Waals surface area contributed by atoms with Crippen LogP contribution in [0.1, 0.15) is 6.92 Å². The molecule has 1 fully saturated rings. The molecule has 6 heteroatoms. The second-order valence-electron chi connectivity index (χ2n) is 3.55. The molecule has 1 aliphatic heterocycles. The van der Waals surface area contributed by atoms with Crippen molar-refractivity contribution < 1.29 is 19.4 Å². The molecule has 1 rings (SSSR count). The smallest absolute Gasteiger partial charge is 0.317 e. The van der Waals surface area contributed by atoms with Gasteiger partial charge in [-0.2, -0.15) is 0 Å². The van der Waals surface area contributed by atoms with E-state index in [2.05, 4.69) is 5.32 Å². The third-order valence-corrected chi connectivity index (χ3v) is 2.53. The van der Waals surface area contributed by atoms with Gasteiger partial charge in [-0.05, 0) is 6.92 Å². The van der Waals surface area contributed by atoms with E-state index in [0.29, 0.717) is 6.54 Å². The van der Waals surface area contributed by atoms with Crippen LogP contribution in [0.4, 0.5) is 4.79 Å². The maximum absolute atomic E-state index is 11.5. The second kappa shape index (κ2) is 4.97. The van der Waals surface area contributed by atoms with E-state index < -0.39 is 17.9 Å². The van der Waals surface area contributed by atoms with Gasteiger partial charge in [-0.25, -0.2) is 4.79 Å². The number of carbonyl (C=O) groups is 2. The van der Waals surface area contributed by atoms with E-state index in [1.54, 1.807) is 7.05 Å². The van der Waals surface area contributed by atoms with Crippen molar-refractivity contribution in [3.8, 4) is 0 Å². The number of carboxylic acids is 1. The Balaban J connectivity index is 2.50. The molecule has 0 aromatic carbocycles. The van der Waals surface area contributed by atoms with Crippen LogP contribution in [0.3, 0.4) is 0 Å². The first-order valence-corrected chi connectivity index (χ1v) is 4.88. The number of aliphatic carboxylic acids is 1. The molecule has 1 saturated heterocycles. The highest BCUT2D eigenvalue weighted by molar-refractivity contribution is 5.77. The van der Waals surface area contributed by atoms with Gasteiger partial charge in [0.1, 0.15) is 5.92 Å². The minimum absolute atomic E-state index is 0.163. The van der Waals surface area contributed by atoms with E-state index in [9.17, 15) is 9.59 Å². The van der Waals surface area contributed by atoms with Crippen molar-refractivity contribution >= 4 is 12.0 Å². The Bertz CT molecular complexity index is 256. The third-order valence-electron chi connectivity index (χ3n) is 2.53. The van der Waals surface area contributed by atoms with E-state index in [0.717, 1.165) is 0 Å². The first kappa shape index (κ1) is 11.8. The molecule has 1 heterocycles. The highest BCUT2D eigenvalue weighted by atomic mass is 16.5. The molecule has 6 nitrogen and oxygen atoms in total. The van der Waals surface area contributed by atoms with Crippen molar-refractivity contribution in [3.63, 3.8) is 0 Å². The molecule has 15 heavy (non-hydrogen) atoms. The van der Waals surface area contributed by atoms with Gasteiger partial charge in [0, 0.05) is 13.6 Å². The number of nitrogens with zero attached hydrogens (tertiary/aromatic N) is 1. The van der Waals surface area contributed by atoms with Crippen molar-refractivity contribution in [2.75, 3.05) is 26.8 Å². The summed E-state index contributed by atoms with van der Waals surface area (Å²) in [5, 5.41) is 11.5. The molecule has 0 radical (unpaired) electrons. The summed E-state index contributed by atoms with van der Waals surface area (Å²) >= 11 is 0. The molecule has 0 bridgehead atoms. The summed E-state index contributed by atoms with van der Waals surface area (Å²) in [5.74, 6) is -1.57. The lowest BCUT2D eigenvalue weighted by molar-refractivity contribution is -0.142. The zero-order valence-electron chi connectivity index (χ0n) is 8.90. The van der Waals surface area contributed by atoms with Gasteiger partial charge >= 0.3 is 12.0 Å². The highest BCUT2D eigenvalue weighted by Gasteiger charge is 2.35. The summed E-state index contributed by atoms with van der Waals surface area (Å²) in [6.45, 7) is 2.85. The Labute approximate surface area is 88.2 Å².